The fraction of sp³-hybridized carbons (Fsp3) is 0.231. The number of halogens is 2. The minimum Gasteiger partial charge on any atom is -0.480 e. The number of carboxylic acid groups (broad SMARTS) is 1. The lowest BCUT2D eigenvalue weighted by Crippen LogP contribution is -2.43. The van der Waals surface area contributed by atoms with Crippen LogP contribution in [-0.2, 0) is 20.9 Å². The maximum Gasteiger partial charge on any atom is 0.335 e. The molecule has 1 heterocycles. The molecule has 9 heteroatoms. The number of hydrogen-bond donors (Lipinski definition) is 1. The smallest absolute Gasteiger partial charge is 0.335 e. The van der Waals surface area contributed by atoms with Crippen molar-refractivity contribution in [1.82, 2.24) is 9.80 Å². The van der Waals surface area contributed by atoms with E-state index in [1.165, 1.54) is 12.1 Å². The molecule has 0 aliphatic carbocycles. The van der Waals surface area contributed by atoms with Crippen molar-refractivity contribution in [2.24, 2.45) is 0 Å². The molecule has 4 amide bonds. The summed E-state index contributed by atoms with van der Waals surface area (Å²) in [6.45, 7) is 0.942. The molecule has 1 unspecified atom stereocenters. The van der Waals surface area contributed by atoms with E-state index in [1.54, 1.807) is 6.07 Å². The van der Waals surface area contributed by atoms with Gasteiger partial charge in [0.25, 0.3) is 0 Å². The van der Waals surface area contributed by atoms with E-state index in [-0.39, 0.29) is 11.6 Å². The van der Waals surface area contributed by atoms with Gasteiger partial charge in [0.15, 0.2) is 0 Å². The number of nitrogens with zero attached hydrogens (tertiary/aromatic N) is 2. The Bertz CT molecular complexity index is 691. The van der Waals surface area contributed by atoms with Crippen molar-refractivity contribution in [3.05, 3.63) is 33.8 Å². The standard InChI is InChI=1S/C13H10Cl2N2O5/c1-6(12(20)21)17-11(19)10(18)16(13(17)22)5-7-2-3-8(14)9(15)4-7/h2-4,6H,5H2,1H3,(H,20,21). The van der Waals surface area contributed by atoms with Crippen LogP contribution >= 0.6 is 23.2 Å². The van der Waals surface area contributed by atoms with Crippen LogP contribution in [0.5, 0.6) is 0 Å². The van der Waals surface area contributed by atoms with E-state index in [4.69, 9.17) is 28.3 Å². The topological polar surface area (TPSA) is 95.0 Å². The van der Waals surface area contributed by atoms with Crippen LogP contribution in [0.3, 0.4) is 0 Å². The maximum atomic E-state index is 12.1. The Morgan fingerprint density at radius 3 is 2.36 bits per heavy atom. The zero-order valence-electron chi connectivity index (χ0n) is 11.2. The van der Waals surface area contributed by atoms with Crippen molar-refractivity contribution in [2.75, 3.05) is 0 Å². The van der Waals surface area contributed by atoms with E-state index in [1.807, 2.05) is 0 Å². The molecule has 1 atom stereocenters. The highest BCUT2D eigenvalue weighted by Crippen LogP contribution is 2.25. The van der Waals surface area contributed by atoms with Crippen LogP contribution in [0.4, 0.5) is 4.79 Å². The second-order valence-electron chi connectivity index (χ2n) is 4.61. The van der Waals surface area contributed by atoms with E-state index in [9.17, 15) is 19.2 Å². The van der Waals surface area contributed by atoms with Gasteiger partial charge in [-0.15, -0.1) is 0 Å². The molecule has 1 aliphatic heterocycles. The first-order valence-electron chi connectivity index (χ1n) is 6.09. The number of urea groups is 1. The molecule has 1 saturated heterocycles. The summed E-state index contributed by atoms with van der Waals surface area (Å²) >= 11 is 11.6. The number of imide groups is 2. The quantitative estimate of drug-likeness (QED) is 0.663. The van der Waals surface area contributed by atoms with E-state index in [0.29, 0.717) is 20.4 Å². The zero-order valence-corrected chi connectivity index (χ0v) is 12.8. The minimum absolute atomic E-state index is 0.205. The van der Waals surface area contributed by atoms with Crippen LogP contribution in [0, 0.1) is 0 Å². The zero-order chi connectivity index (χ0) is 16.6. The predicted molar refractivity (Wildman–Crippen MR) is 76.4 cm³/mol. The highest BCUT2D eigenvalue weighted by molar-refractivity contribution is 6.45. The summed E-state index contributed by atoms with van der Waals surface area (Å²) in [6.07, 6.45) is 0. The lowest BCUT2D eigenvalue weighted by molar-refractivity contribution is -0.149. The summed E-state index contributed by atoms with van der Waals surface area (Å²) in [5, 5.41) is 9.44. The number of carbonyl (C=O) groups is 4. The molecular weight excluding hydrogens is 335 g/mol. The third-order valence-corrected chi connectivity index (χ3v) is 3.89. The highest BCUT2D eigenvalue weighted by atomic mass is 35.5. The van der Waals surface area contributed by atoms with Gasteiger partial charge in [-0.1, -0.05) is 29.3 Å². The van der Waals surface area contributed by atoms with E-state index < -0.39 is 29.9 Å². The average molecular weight is 345 g/mol. The summed E-state index contributed by atoms with van der Waals surface area (Å²) in [5.41, 5.74) is 0.480. The van der Waals surface area contributed by atoms with Crippen LogP contribution in [0.25, 0.3) is 0 Å². The SMILES string of the molecule is CC(C(=O)O)N1C(=O)C(=O)N(Cc2ccc(Cl)c(Cl)c2)C1=O. The molecule has 0 spiro atoms. The summed E-state index contributed by atoms with van der Waals surface area (Å²) in [6, 6.07) is 2.09. The van der Waals surface area contributed by atoms with Gasteiger partial charge in [0.1, 0.15) is 6.04 Å². The lowest BCUT2D eigenvalue weighted by Gasteiger charge is -2.18. The van der Waals surface area contributed by atoms with Crippen molar-refractivity contribution in [3.8, 4) is 0 Å². The van der Waals surface area contributed by atoms with Crippen molar-refractivity contribution < 1.29 is 24.3 Å². The van der Waals surface area contributed by atoms with Gasteiger partial charge in [0, 0.05) is 0 Å². The molecule has 0 bridgehead atoms. The van der Waals surface area contributed by atoms with Crippen molar-refractivity contribution in [2.45, 2.75) is 19.5 Å². The Morgan fingerprint density at radius 2 is 1.82 bits per heavy atom. The van der Waals surface area contributed by atoms with E-state index in [0.717, 1.165) is 6.92 Å². The Balaban J connectivity index is 2.26. The molecule has 1 fully saturated rings. The third kappa shape index (κ3) is 2.77. The van der Waals surface area contributed by atoms with Gasteiger partial charge in [0.2, 0.25) is 0 Å². The van der Waals surface area contributed by atoms with Crippen LogP contribution in [-0.4, -0.2) is 44.8 Å². The lowest BCUT2D eigenvalue weighted by atomic mass is 10.2. The molecular formula is C13H10Cl2N2O5. The van der Waals surface area contributed by atoms with Gasteiger partial charge in [-0.3, -0.25) is 14.5 Å². The number of benzene rings is 1. The van der Waals surface area contributed by atoms with Crippen LogP contribution < -0.4 is 0 Å². The first-order chi connectivity index (χ1) is 10.2. The Hall–Kier alpha value is -2.12. The monoisotopic (exact) mass is 344 g/mol. The van der Waals surface area contributed by atoms with Crippen molar-refractivity contribution in [1.29, 1.82) is 0 Å². The first kappa shape index (κ1) is 16.3. The highest BCUT2D eigenvalue weighted by Gasteiger charge is 2.48. The number of carbonyl (C=O) groups excluding carboxylic acids is 3. The normalized spacial score (nSPS) is 16.4. The van der Waals surface area contributed by atoms with E-state index >= 15 is 0 Å². The first-order valence-corrected chi connectivity index (χ1v) is 6.85. The molecule has 0 saturated carbocycles. The number of carboxylic acids is 1. The summed E-state index contributed by atoms with van der Waals surface area (Å²) in [7, 11) is 0. The number of amides is 4. The van der Waals surface area contributed by atoms with Crippen LogP contribution in [0.1, 0.15) is 12.5 Å². The van der Waals surface area contributed by atoms with Crippen LogP contribution in [0.2, 0.25) is 10.0 Å². The molecule has 7 nitrogen and oxygen atoms in total. The van der Waals surface area contributed by atoms with Crippen molar-refractivity contribution >= 4 is 47.0 Å². The Labute approximate surface area is 135 Å². The van der Waals surface area contributed by atoms with Gasteiger partial charge in [-0.25, -0.2) is 14.5 Å². The number of hydrogen-bond acceptors (Lipinski definition) is 4. The summed E-state index contributed by atoms with van der Waals surface area (Å²) in [4.78, 5) is 47.8. The second-order valence-corrected chi connectivity index (χ2v) is 5.43. The predicted octanol–water partition coefficient (Wildman–Crippen LogP) is 1.76. The van der Waals surface area contributed by atoms with E-state index in [2.05, 4.69) is 0 Å². The number of aliphatic carboxylic acids is 1. The van der Waals surface area contributed by atoms with Gasteiger partial charge in [0.05, 0.1) is 16.6 Å². The fourth-order valence-electron chi connectivity index (χ4n) is 1.93. The molecule has 1 aromatic rings. The molecule has 116 valence electrons. The molecule has 0 aromatic heterocycles. The summed E-state index contributed by atoms with van der Waals surface area (Å²) < 4.78 is 0. The third-order valence-electron chi connectivity index (χ3n) is 3.15. The van der Waals surface area contributed by atoms with Gasteiger partial charge < -0.3 is 5.11 Å². The minimum atomic E-state index is -1.43. The largest absolute Gasteiger partial charge is 0.480 e. The maximum absolute atomic E-state index is 12.1. The van der Waals surface area contributed by atoms with Gasteiger partial charge >= 0.3 is 23.8 Å². The average Bonchev–Trinajstić information content (AvgIpc) is 2.66. The molecule has 1 N–H and O–H groups in total. The molecule has 1 aromatic carbocycles. The van der Waals surface area contributed by atoms with Gasteiger partial charge in [-0.05, 0) is 24.6 Å². The Kier molecular flexibility index (Phi) is 4.39. The molecule has 1 aliphatic rings. The number of rotatable bonds is 4. The van der Waals surface area contributed by atoms with Gasteiger partial charge in [-0.2, -0.15) is 0 Å². The van der Waals surface area contributed by atoms with Crippen LogP contribution in [0.15, 0.2) is 18.2 Å². The molecule has 22 heavy (non-hydrogen) atoms. The Morgan fingerprint density at radius 1 is 1.18 bits per heavy atom. The fourth-order valence-corrected chi connectivity index (χ4v) is 2.25. The second kappa shape index (κ2) is 5.94. The van der Waals surface area contributed by atoms with Crippen molar-refractivity contribution in [3.63, 3.8) is 0 Å². The summed E-state index contributed by atoms with van der Waals surface area (Å²) in [5.74, 6) is -3.63. The molecule has 0 radical (unpaired) electrons. The molecule has 2 rings (SSSR count).